The van der Waals surface area contributed by atoms with Gasteiger partial charge in [0.05, 0.1) is 5.92 Å². The molecule has 6 nitrogen and oxygen atoms in total. The largest absolute Gasteiger partial charge is 0.440 e. The lowest BCUT2D eigenvalue weighted by atomic mass is 9.89. The molecule has 1 atom stereocenters. The smallest absolute Gasteiger partial charge is 0.215 e. The maximum atomic E-state index is 10.6. The van der Waals surface area contributed by atoms with Crippen LogP contribution < -0.4 is 10.5 Å². The second-order valence-electron chi connectivity index (χ2n) is 3.60. The van der Waals surface area contributed by atoms with Crippen LogP contribution in [0.2, 0.25) is 0 Å². The van der Waals surface area contributed by atoms with Crippen molar-refractivity contribution < 1.29 is 9.66 Å². The van der Waals surface area contributed by atoms with Crippen molar-refractivity contribution in [1.82, 2.24) is 0 Å². The minimum absolute atomic E-state index is 0.0574. The van der Waals surface area contributed by atoms with Crippen LogP contribution in [0.4, 0.5) is 0 Å². The Hall–Kier alpha value is -2.55. The van der Waals surface area contributed by atoms with Gasteiger partial charge >= 0.3 is 0 Å². The van der Waals surface area contributed by atoms with Gasteiger partial charge in [0.15, 0.2) is 0 Å². The van der Waals surface area contributed by atoms with E-state index >= 15 is 0 Å². The Bertz CT molecular complexity index is 545. The van der Waals surface area contributed by atoms with E-state index in [4.69, 9.17) is 15.7 Å². The molecule has 0 spiro atoms. The van der Waals surface area contributed by atoms with Gasteiger partial charge in [-0.1, -0.05) is 18.2 Å². The van der Waals surface area contributed by atoms with E-state index < -0.39 is 10.8 Å². The highest BCUT2D eigenvalue weighted by molar-refractivity contribution is 5.49. The molecule has 0 amide bonds. The Labute approximate surface area is 97.1 Å². The van der Waals surface area contributed by atoms with Crippen LogP contribution in [0.15, 0.2) is 35.7 Å². The Kier molecular flexibility index (Phi) is 2.66. The van der Waals surface area contributed by atoms with Gasteiger partial charge in [0, 0.05) is 10.5 Å². The maximum absolute atomic E-state index is 10.6. The zero-order chi connectivity index (χ0) is 12.4. The molecular formula is C11H9N3O3. The predicted molar refractivity (Wildman–Crippen MR) is 58.5 cm³/mol. The molecule has 0 bridgehead atoms. The Balaban J connectivity index is 2.51. The lowest BCUT2D eigenvalue weighted by Crippen LogP contribution is -2.24. The molecular weight excluding hydrogens is 222 g/mol. The molecule has 1 aromatic carbocycles. The highest BCUT2D eigenvalue weighted by Crippen LogP contribution is 2.37. The number of hydrogen-bond acceptors (Lipinski definition) is 5. The van der Waals surface area contributed by atoms with E-state index in [0.29, 0.717) is 11.3 Å². The van der Waals surface area contributed by atoms with Crippen molar-refractivity contribution in [1.29, 1.82) is 5.26 Å². The minimum atomic E-state index is -0.639. The van der Waals surface area contributed by atoms with Gasteiger partial charge in [0.1, 0.15) is 17.4 Å². The highest BCUT2D eigenvalue weighted by Gasteiger charge is 2.32. The standard InChI is InChI=1S/C11H9N3O3/c12-5-8-9(6-14(15)16)7-3-1-2-4-10(7)17-11(8)13/h1-4,9H,6,13H2. The third-order valence-corrected chi connectivity index (χ3v) is 2.58. The third-order valence-electron chi connectivity index (χ3n) is 2.58. The summed E-state index contributed by atoms with van der Waals surface area (Å²) in [5.41, 5.74) is 6.31. The highest BCUT2D eigenvalue weighted by atomic mass is 16.6. The third kappa shape index (κ3) is 1.90. The van der Waals surface area contributed by atoms with Crippen molar-refractivity contribution in [3.8, 4) is 11.8 Å². The number of nitro groups is 1. The molecule has 0 saturated heterocycles. The van der Waals surface area contributed by atoms with Gasteiger partial charge in [0.25, 0.3) is 0 Å². The van der Waals surface area contributed by atoms with E-state index in [9.17, 15) is 10.1 Å². The van der Waals surface area contributed by atoms with Gasteiger partial charge in [-0.2, -0.15) is 5.26 Å². The number of ether oxygens (including phenoxy) is 1. The quantitative estimate of drug-likeness (QED) is 0.607. The normalized spacial score (nSPS) is 17.9. The van der Waals surface area contributed by atoms with Crippen LogP contribution in [0.25, 0.3) is 0 Å². The van der Waals surface area contributed by atoms with Gasteiger partial charge in [-0.05, 0) is 6.07 Å². The molecule has 6 heteroatoms. The van der Waals surface area contributed by atoms with Crippen LogP contribution in [0.1, 0.15) is 11.5 Å². The summed E-state index contributed by atoms with van der Waals surface area (Å²) in [4.78, 5) is 10.2. The van der Waals surface area contributed by atoms with Crippen LogP contribution in [0, 0.1) is 21.4 Å². The molecule has 1 aliphatic rings. The molecule has 0 radical (unpaired) electrons. The van der Waals surface area contributed by atoms with Crippen molar-refractivity contribution in [2.24, 2.45) is 5.73 Å². The molecule has 86 valence electrons. The fourth-order valence-electron chi connectivity index (χ4n) is 1.83. The molecule has 1 unspecified atom stereocenters. The van der Waals surface area contributed by atoms with Crippen molar-refractivity contribution in [2.75, 3.05) is 6.54 Å². The number of para-hydroxylation sites is 1. The number of hydrogen-bond donors (Lipinski definition) is 1. The van der Waals surface area contributed by atoms with Crippen LogP contribution in [-0.4, -0.2) is 11.5 Å². The van der Waals surface area contributed by atoms with Crippen molar-refractivity contribution in [2.45, 2.75) is 5.92 Å². The van der Waals surface area contributed by atoms with Gasteiger partial charge < -0.3 is 10.5 Å². The van der Waals surface area contributed by atoms with E-state index in [1.54, 1.807) is 24.3 Å². The average molecular weight is 231 g/mol. The minimum Gasteiger partial charge on any atom is -0.440 e. The summed E-state index contributed by atoms with van der Waals surface area (Å²) in [6, 6.07) is 8.73. The number of nitrogens with two attached hydrogens (primary N) is 1. The van der Waals surface area contributed by atoms with Crippen LogP contribution in [0.5, 0.6) is 5.75 Å². The summed E-state index contributed by atoms with van der Waals surface area (Å²) in [5, 5.41) is 19.6. The number of nitrogens with zero attached hydrogens (tertiary/aromatic N) is 2. The topological polar surface area (TPSA) is 102 Å². The first kappa shape index (κ1) is 11.0. The van der Waals surface area contributed by atoms with Crippen molar-refractivity contribution in [3.63, 3.8) is 0 Å². The number of rotatable bonds is 2. The lowest BCUT2D eigenvalue weighted by Gasteiger charge is -2.23. The maximum Gasteiger partial charge on any atom is 0.215 e. The second-order valence-corrected chi connectivity index (χ2v) is 3.60. The zero-order valence-electron chi connectivity index (χ0n) is 8.79. The summed E-state index contributed by atoms with van der Waals surface area (Å²) in [5.74, 6) is -0.228. The van der Waals surface area contributed by atoms with Crippen LogP contribution in [0.3, 0.4) is 0 Å². The van der Waals surface area contributed by atoms with Crippen molar-refractivity contribution >= 4 is 0 Å². The Morgan fingerprint density at radius 2 is 2.24 bits per heavy atom. The fourth-order valence-corrected chi connectivity index (χ4v) is 1.83. The van der Waals surface area contributed by atoms with E-state index in [2.05, 4.69) is 0 Å². The van der Waals surface area contributed by atoms with Gasteiger partial charge in [-0.25, -0.2) is 0 Å². The zero-order valence-corrected chi connectivity index (χ0v) is 8.79. The summed E-state index contributed by atoms with van der Waals surface area (Å²) in [6.45, 7) is -0.371. The molecule has 0 fully saturated rings. The average Bonchev–Trinajstić information content (AvgIpc) is 2.28. The monoisotopic (exact) mass is 231 g/mol. The van der Waals surface area contributed by atoms with E-state index in [0.717, 1.165) is 0 Å². The summed E-state index contributed by atoms with van der Waals surface area (Å²) < 4.78 is 5.26. The Morgan fingerprint density at radius 3 is 2.88 bits per heavy atom. The lowest BCUT2D eigenvalue weighted by molar-refractivity contribution is -0.482. The molecule has 17 heavy (non-hydrogen) atoms. The first-order valence-electron chi connectivity index (χ1n) is 4.91. The van der Waals surface area contributed by atoms with E-state index in [1.807, 2.05) is 6.07 Å². The number of benzene rings is 1. The molecule has 2 N–H and O–H groups in total. The summed E-state index contributed by atoms with van der Waals surface area (Å²) in [6.07, 6.45) is 0. The molecule has 0 aromatic heterocycles. The van der Waals surface area contributed by atoms with Gasteiger partial charge in [0.2, 0.25) is 12.4 Å². The van der Waals surface area contributed by atoms with Crippen molar-refractivity contribution in [3.05, 3.63) is 51.4 Å². The summed E-state index contributed by atoms with van der Waals surface area (Å²) >= 11 is 0. The molecule has 0 saturated carbocycles. The predicted octanol–water partition coefficient (Wildman–Crippen LogP) is 1.13. The molecule has 1 heterocycles. The number of nitriles is 1. The van der Waals surface area contributed by atoms with Gasteiger partial charge in [-0.3, -0.25) is 10.1 Å². The first-order chi connectivity index (χ1) is 8.13. The SMILES string of the molecule is N#CC1=C(N)Oc2ccccc2C1C[N+](=O)[O-]. The fraction of sp³-hybridized carbons (Fsp3) is 0.182. The molecule has 1 aromatic rings. The van der Waals surface area contributed by atoms with Crippen LogP contribution >= 0.6 is 0 Å². The molecule has 2 rings (SSSR count). The van der Waals surface area contributed by atoms with E-state index in [-0.39, 0.29) is 18.0 Å². The molecule has 0 aliphatic carbocycles. The molecule has 1 aliphatic heterocycles. The summed E-state index contributed by atoms with van der Waals surface area (Å²) in [7, 11) is 0. The first-order valence-corrected chi connectivity index (χ1v) is 4.91. The number of fused-ring (bicyclic) bond motifs is 1. The van der Waals surface area contributed by atoms with E-state index in [1.165, 1.54) is 0 Å². The van der Waals surface area contributed by atoms with Gasteiger partial charge in [-0.15, -0.1) is 0 Å². The Morgan fingerprint density at radius 1 is 1.53 bits per heavy atom. The van der Waals surface area contributed by atoms with Crippen LogP contribution in [-0.2, 0) is 0 Å². The second kappa shape index (κ2) is 4.14.